The number of aromatic nitrogens is 3. The summed E-state index contributed by atoms with van der Waals surface area (Å²) in [6, 6.07) is 17.3. The van der Waals surface area contributed by atoms with Crippen LogP contribution in [0.1, 0.15) is 35.5 Å². The number of rotatable bonds is 8. The first-order valence-electron chi connectivity index (χ1n) is 8.77. The van der Waals surface area contributed by atoms with Crippen molar-refractivity contribution in [3.8, 4) is 5.69 Å². The molecule has 0 saturated carbocycles. The lowest BCUT2D eigenvalue weighted by Crippen LogP contribution is -2.25. The van der Waals surface area contributed by atoms with Gasteiger partial charge in [0.25, 0.3) is 5.91 Å². The number of hydrogen-bond donors (Lipinski definition) is 1. The van der Waals surface area contributed by atoms with Crippen molar-refractivity contribution in [3.05, 3.63) is 77.1 Å². The zero-order valence-electron chi connectivity index (χ0n) is 15.0. The van der Waals surface area contributed by atoms with Gasteiger partial charge >= 0.3 is 0 Å². The number of nitrogens with zero attached hydrogens (tertiary/aromatic N) is 3. The van der Waals surface area contributed by atoms with Gasteiger partial charge in [-0.2, -0.15) is 0 Å². The number of ether oxygens (including phenoxy) is 1. The van der Waals surface area contributed by atoms with E-state index in [1.165, 1.54) is 4.68 Å². The Morgan fingerprint density at radius 3 is 2.70 bits per heavy atom. The molecule has 1 amide bonds. The topological polar surface area (TPSA) is 69.0 Å². The van der Waals surface area contributed by atoms with E-state index in [2.05, 4.69) is 15.6 Å². The second kappa shape index (κ2) is 9.30. The lowest BCUT2D eigenvalue weighted by atomic mass is 10.1. The van der Waals surface area contributed by atoms with Crippen molar-refractivity contribution in [2.45, 2.75) is 19.4 Å². The molecular weight excluding hydrogens is 364 g/mol. The predicted molar refractivity (Wildman–Crippen MR) is 104 cm³/mol. The van der Waals surface area contributed by atoms with E-state index in [9.17, 15) is 4.79 Å². The Kier molecular flexibility index (Phi) is 6.57. The molecule has 6 nitrogen and oxygen atoms in total. The Morgan fingerprint density at radius 2 is 1.93 bits per heavy atom. The first-order valence-corrected chi connectivity index (χ1v) is 9.15. The van der Waals surface area contributed by atoms with Crippen LogP contribution in [0, 0.1) is 0 Å². The van der Waals surface area contributed by atoms with Gasteiger partial charge in [-0.1, -0.05) is 59.3 Å². The molecule has 2 aromatic carbocycles. The molecule has 1 atom stereocenters. The molecule has 0 aliphatic carbocycles. The summed E-state index contributed by atoms with van der Waals surface area (Å²) in [5, 5.41) is 11.2. The Balaban J connectivity index is 1.43. The quantitative estimate of drug-likeness (QED) is 0.599. The van der Waals surface area contributed by atoms with Crippen molar-refractivity contribution in [2.75, 3.05) is 13.2 Å². The highest BCUT2D eigenvalue weighted by atomic mass is 35.5. The minimum Gasteiger partial charge on any atom is -0.374 e. The molecule has 0 spiro atoms. The minimum absolute atomic E-state index is 0.0254. The third kappa shape index (κ3) is 5.15. The van der Waals surface area contributed by atoms with Crippen LogP contribution in [0.25, 0.3) is 5.69 Å². The third-order valence-corrected chi connectivity index (χ3v) is 4.39. The van der Waals surface area contributed by atoms with Crippen LogP contribution in [0.4, 0.5) is 0 Å². The highest BCUT2D eigenvalue weighted by molar-refractivity contribution is 6.32. The van der Waals surface area contributed by atoms with E-state index >= 15 is 0 Å². The van der Waals surface area contributed by atoms with E-state index in [1.807, 2.05) is 55.5 Å². The summed E-state index contributed by atoms with van der Waals surface area (Å²) in [5.41, 5.74) is 2.06. The first-order chi connectivity index (χ1) is 13.1. The lowest BCUT2D eigenvalue weighted by Gasteiger charge is -2.13. The maximum atomic E-state index is 12.2. The standard InChI is InChI=1S/C20H21ClN4O2/c1-15(16-8-3-2-4-9-16)27-13-7-12-22-20(26)18-14-25(24-23-18)19-11-6-5-10-17(19)21/h2-6,8-11,14-15H,7,12-13H2,1H3,(H,22,26). The molecule has 140 valence electrons. The van der Waals surface area contributed by atoms with E-state index in [4.69, 9.17) is 16.3 Å². The molecule has 3 rings (SSSR count). The zero-order chi connectivity index (χ0) is 19.1. The molecule has 0 radical (unpaired) electrons. The van der Waals surface area contributed by atoms with Crippen LogP contribution >= 0.6 is 11.6 Å². The molecule has 1 N–H and O–H groups in total. The predicted octanol–water partition coefficient (Wildman–Crippen LogP) is 3.82. The molecule has 0 bridgehead atoms. The van der Waals surface area contributed by atoms with E-state index < -0.39 is 0 Å². The minimum atomic E-state index is -0.274. The van der Waals surface area contributed by atoms with Gasteiger partial charge in [-0.25, -0.2) is 4.68 Å². The van der Waals surface area contributed by atoms with E-state index in [0.717, 1.165) is 5.56 Å². The largest absolute Gasteiger partial charge is 0.374 e. The molecule has 27 heavy (non-hydrogen) atoms. The van der Waals surface area contributed by atoms with Crippen molar-refractivity contribution in [1.82, 2.24) is 20.3 Å². The smallest absolute Gasteiger partial charge is 0.273 e. The maximum Gasteiger partial charge on any atom is 0.273 e. The van der Waals surface area contributed by atoms with Gasteiger partial charge in [-0.05, 0) is 31.0 Å². The van der Waals surface area contributed by atoms with Crippen molar-refractivity contribution in [3.63, 3.8) is 0 Å². The Hall–Kier alpha value is -2.70. The van der Waals surface area contributed by atoms with Crippen LogP contribution in [0.5, 0.6) is 0 Å². The Labute approximate surface area is 163 Å². The number of hydrogen-bond acceptors (Lipinski definition) is 4. The van der Waals surface area contributed by atoms with Crippen LogP contribution < -0.4 is 5.32 Å². The van der Waals surface area contributed by atoms with Crippen molar-refractivity contribution in [1.29, 1.82) is 0 Å². The highest BCUT2D eigenvalue weighted by Gasteiger charge is 2.12. The summed E-state index contributed by atoms with van der Waals surface area (Å²) < 4.78 is 7.28. The lowest BCUT2D eigenvalue weighted by molar-refractivity contribution is 0.0634. The molecule has 0 aliphatic rings. The molecule has 7 heteroatoms. The zero-order valence-corrected chi connectivity index (χ0v) is 15.8. The number of carbonyl (C=O) groups is 1. The number of halogens is 1. The van der Waals surface area contributed by atoms with E-state index in [0.29, 0.717) is 30.3 Å². The molecule has 0 saturated heterocycles. The van der Waals surface area contributed by atoms with E-state index in [-0.39, 0.29) is 17.7 Å². The molecule has 1 heterocycles. The summed E-state index contributed by atoms with van der Waals surface area (Å²) in [4.78, 5) is 12.2. The van der Waals surface area contributed by atoms with Gasteiger partial charge < -0.3 is 10.1 Å². The second-order valence-corrected chi connectivity index (χ2v) is 6.44. The summed E-state index contributed by atoms with van der Waals surface area (Å²) in [5.74, 6) is -0.274. The van der Waals surface area contributed by atoms with Gasteiger partial charge in [0.1, 0.15) is 0 Å². The molecule has 1 unspecified atom stereocenters. The van der Waals surface area contributed by atoms with Gasteiger partial charge in [0.15, 0.2) is 5.69 Å². The van der Waals surface area contributed by atoms with Gasteiger partial charge in [-0.3, -0.25) is 4.79 Å². The number of amides is 1. The SMILES string of the molecule is CC(OCCCNC(=O)c1cn(-c2ccccc2Cl)nn1)c1ccccc1. The van der Waals surface area contributed by atoms with Crippen LogP contribution in [0.3, 0.4) is 0 Å². The Morgan fingerprint density at radius 1 is 1.19 bits per heavy atom. The third-order valence-electron chi connectivity index (χ3n) is 4.07. The fraction of sp³-hybridized carbons (Fsp3) is 0.250. The molecular formula is C20H21ClN4O2. The summed E-state index contributed by atoms with van der Waals surface area (Å²) in [6.45, 7) is 3.07. The molecule has 0 aliphatic heterocycles. The number of para-hydroxylation sites is 1. The molecule has 0 fully saturated rings. The average molecular weight is 385 g/mol. The summed E-state index contributed by atoms with van der Waals surface area (Å²) in [6.07, 6.45) is 2.30. The van der Waals surface area contributed by atoms with Crippen molar-refractivity contribution in [2.24, 2.45) is 0 Å². The van der Waals surface area contributed by atoms with Gasteiger partial charge in [0.05, 0.1) is 23.0 Å². The number of nitrogens with one attached hydrogen (secondary N) is 1. The summed E-state index contributed by atoms with van der Waals surface area (Å²) in [7, 11) is 0. The number of carbonyl (C=O) groups excluding carboxylic acids is 1. The highest BCUT2D eigenvalue weighted by Crippen LogP contribution is 2.18. The van der Waals surface area contributed by atoms with Crippen molar-refractivity contribution >= 4 is 17.5 Å². The van der Waals surface area contributed by atoms with Gasteiger partial charge in [-0.15, -0.1) is 5.10 Å². The monoisotopic (exact) mass is 384 g/mol. The van der Waals surface area contributed by atoms with E-state index in [1.54, 1.807) is 12.3 Å². The fourth-order valence-electron chi connectivity index (χ4n) is 2.57. The van der Waals surface area contributed by atoms with Crippen molar-refractivity contribution < 1.29 is 9.53 Å². The van der Waals surface area contributed by atoms with Crippen LogP contribution in [0.15, 0.2) is 60.8 Å². The number of benzene rings is 2. The van der Waals surface area contributed by atoms with Crippen LogP contribution in [0.2, 0.25) is 5.02 Å². The van der Waals surface area contributed by atoms with Gasteiger partial charge in [0, 0.05) is 13.2 Å². The maximum absolute atomic E-state index is 12.2. The van der Waals surface area contributed by atoms with Crippen LogP contribution in [-0.4, -0.2) is 34.1 Å². The molecule has 1 aromatic heterocycles. The van der Waals surface area contributed by atoms with Gasteiger partial charge in [0.2, 0.25) is 0 Å². The first kappa shape index (κ1) is 19.1. The second-order valence-electron chi connectivity index (χ2n) is 6.03. The fourth-order valence-corrected chi connectivity index (χ4v) is 2.79. The summed E-state index contributed by atoms with van der Waals surface area (Å²) >= 11 is 6.13. The average Bonchev–Trinajstić information content (AvgIpc) is 3.18. The Bertz CT molecular complexity index is 882. The normalized spacial score (nSPS) is 11.9. The molecule has 3 aromatic rings. The van der Waals surface area contributed by atoms with Crippen LogP contribution in [-0.2, 0) is 4.74 Å².